The molecule has 0 saturated heterocycles. The average Bonchev–Trinajstić information content (AvgIpc) is 2.54. The Morgan fingerprint density at radius 2 is 1.08 bits per heavy atom. The molecule has 2 rings (SSSR count). The fraction of sp³-hybridized carbons (Fsp3) is 0. The zero-order valence-corrected chi connectivity index (χ0v) is 18.1. The van der Waals surface area contributed by atoms with Crippen LogP contribution in [0, 0.1) is 0 Å². The number of halogens is 4. The highest BCUT2D eigenvalue weighted by molar-refractivity contribution is 9.13. The van der Waals surface area contributed by atoms with Crippen LogP contribution in [-0.2, 0) is 9.59 Å². The van der Waals surface area contributed by atoms with Gasteiger partial charge >= 0.3 is 11.9 Å². The van der Waals surface area contributed by atoms with Gasteiger partial charge < -0.3 is 9.47 Å². The molecule has 0 heterocycles. The predicted octanol–water partition coefficient (Wildman–Crippen LogP) is 5.80. The van der Waals surface area contributed by atoms with Gasteiger partial charge in [-0.05, 0) is 88.0 Å². The summed E-state index contributed by atoms with van der Waals surface area (Å²) in [6, 6.07) is 10.3. The number of rotatable bonds is 4. The van der Waals surface area contributed by atoms with Gasteiger partial charge in [0.05, 0.1) is 8.95 Å². The normalized spacial score (nSPS) is 10.7. The van der Waals surface area contributed by atoms with Gasteiger partial charge in [0.15, 0.2) is 0 Å². The summed E-state index contributed by atoms with van der Waals surface area (Å²) >= 11 is 13.2. The van der Waals surface area contributed by atoms with Gasteiger partial charge in [-0.15, -0.1) is 0 Å². The quantitative estimate of drug-likeness (QED) is 0.259. The van der Waals surface area contributed by atoms with Crippen LogP contribution in [0.5, 0.6) is 11.5 Å². The van der Waals surface area contributed by atoms with Crippen LogP contribution in [0.15, 0.2) is 66.4 Å². The topological polar surface area (TPSA) is 52.6 Å². The molecule has 0 N–H and O–H groups in total. The van der Waals surface area contributed by atoms with Crippen molar-refractivity contribution in [1.82, 2.24) is 0 Å². The maximum atomic E-state index is 11.8. The van der Waals surface area contributed by atoms with E-state index in [4.69, 9.17) is 9.47 Å². The highest BCUT2D eigenvalue weighted by Gasteiger charge is 2.10. The van der Waals surface area contributed by atoms with E-state index in [9.17, 15) is 9.59 Å². The van der Waals surface area contributed by atoms with Crippen molar-refractivity contribution in [3.8, 4) is 11.5 Å². The van der Waals surface area contributed by atoms with E-state index < -0.39 is 11.9 Å². The number of carbonyl (C=O) groups excluding carboxylic acids is 2. The molecule has 2 aromatic carbocycles. The Morgan fingerprint density at radius 3 is 1.46 bits per heavy atom. The third-order valence-corrected chi connectivity index (χ3v) is 6.63. The molecule has 124 valence electrons. The summed E-state index contributed by atoms with van der Waals surface area (Å²) in [5, 5.41) is 0. The lowest BCUT2D eigenvalue weighted by molar-refractivity contribution is -0.131. The van der Waals surface area contributed by atoms with E-state index in [1.165, 1.54) is 0 Å². The van der Waals surface area contributed by atoms with Crippen molar-refractivity contribution in [1.29, 1.82) is 0 Å². The van der Waals surface area contributed by atoms with Crippen LogP contribution in [-0.4, -0.2) is 11.9 Å². The summed E-state index contributed by atoms with van der Waals surface area (Å²) in [6.07, 6.45) is 2.00. The molecule has 0 radical (unpaired) electrons. The minimum atomic E-state index is -0.695. The molecule has 0 amide bonds. The standard InChI is InChI=1S/C16H8Br4O4/c17-9-3-1-5-11(15(9)19)23-13(21)7-8-14(22)24-12-6-2-4-10(18)16(12)20/h1-8H/b8-7-. The molecule has 0 aliphatic heterocycles. The van der Waals surface area contributed by atoms with E-state index >= 15 is 0 Å². The summed E-state index contributed by atoms with van der Waals surface area (Å²) in [7, 11) is 0. The van der Waals surface area contributed by atoms with Crippen molar-refractivity contribution in [3.63, 3.8) is 0 Å². The second-order valence-electron chi connectivity index (χ2n) is 4.28. The van der Waals surface area contributed by atoms with Gasteiger partial charge in [-0.25, -0.2) is 9.59 Å². The number of hydrogen-bond donors (Lipinski definition) is 0. The van der Waals surface area contributed by atoms with E-state index in [1.807, 2.05) is 0 Å². The largest absolute Gasteiger partial charge is 0.422 e. The van der Waals surface area contributed by atoms with Crippen LogP contribution in [0.1, 0.15) is 0 Å². The molecule has 0 unspecified atom stereocenters. The Labute approximate surface area is 171 Å². The van der Waals surface area contributed by atoms with Gasteiger partial charge in [-0.3, -0.25) is 0 Å². The molecule has 2 aromatic rings. The van der Waals surface area contributed by atoms with E-state index in [0.29, 0.717) is 20.4 Å². The Kier molecular flexibility index (Phi) is 7.21. The van der Waals surface area contributed by atoms with E-state index in [0.717, 1.165) is 21.1 Å². The van der Waals surface area contributed by atoms with Gasteiger partial charge in [-0.2, -0.15) is 0 Å². The lowest BCUT2D eigenvalue weighted by Crippen LogP contribution is -2.09. The van der Waals surface area contributed by atoms with E-state index in [1.54, 1.807) is 36.4 Å². The molecule has 24 heavy (non-hydrogen) atoms. The van der Waals surface area contributed by atoms with Crippen molar-refractivity contribution in [2.75, 3.05) is 0 Å². The second kappa shape index (κ2) is 8.94. The Morgan fingerprint density at radius 1 is 0.708 bits per heavy atom. The maximum Gasteiger partial charge on any atom is 0.336 e. The third kappa shape index (κ3) is 5.27. The molecular weight excluding hydrogens is 576 g/mol. The maximum absolute atomic E-state index is 11.8. The Bertz CT molecular complexity index is 750. The number of hydrogen-bond acceptors (Lipinski definition) is 4. The monoisotopic (exact) mass is 580 g/mol. The van der Waals surface area contributed by atoms with E-state index in [-0.39, 0.29) is 0 Å². The van der Waals surface area contributed by atoms with Crippen molar-refractivity contribution in [2.24, 2.45) is 0 Å². The van der Waals surface area contributed by atoms with Gasteiger partial charge in [0.25, 0.3) is 0 Å². The zero-order chi connectivity index (χ0) is 17.7. The SMILES string of the molecule is O=C(/C=C\C(=O)Oc1cccc(Br)c1Br)Oc1cccc(Br)c1Br. The highest BCUT2D eigenvalue weighted by Crippen LogP contribution is 2.33. The minimum Gasteiger partial charge on any atom is -0.422 e. The molecule has 0 spiro atoms. The molecule has 0 aliphatic rings. The second-order valence-corrected chi connectivity index (χ2v) is 7.57. The van der Waals surface area contributed by atoms with Crippen LogP contribution >= 0.6 is 63.7 Å². The first-order chi connectivity index (χ1) is 11.4. The fourth-order valence-corrected chi connectivity index (χ4v) is 2.93. The van der Waals surface area contributed by atoms with Crippen LogP contribution in [0.25, 0.3) is 0 Å². The number of carbonyl (C=O) groups is 2. The molecular formula is C16H8Br4O4. The van der Waals surface area contributed by atoms with Crippen molar-refractivity contribution in [2.45, 2.75) is 0 Å². The lowest BCUT2D eigenvalue weighted by atomic mass is 10.3. The summed E-state index contributed by atoms with van der Waals surface area (Å²) in [6.45, 7) is 0. The first kappa shape index (κ1) is 19.4. The first-order valence-electron chi connectivity index (χ1n) is 6.38. The van der Waals surface area contributed by atoms with Crippen LogP contribution in [0.4, 0.5) is 0 Å². The van der Waals surface area contributed by atoms with Crippen LogP contribution < -0.4 is 9.47 Å². The average molecular weight is 584 g/mol. The van der Waals surface area contributed by atoms with Gasteiger partial charge in [0, 0.05) is 21.1 Å². The molecule has 0 fully saturated rings. The summed E-state index contributed by atoms with van der Waals surface area (Å²) in [4.78, 5) is 23.6. The summed E-state index contributed by atoms with van der Waals surface area (Å²) in [5.41, 5.74) is 0. The smallest absolute Gasteiger partial charge is 0.336 e. The Balaban J connectivity index is 1.99. The van der Waals surface area contributed by atoms with Gasteiger partial charge in [0.1, 0.15) is 11.5 Å². The number of benzene rings is 2. The first-order valence-corrected chi connectivity index (χ1v) is 9.55. The fourth-order valence-electron chi connectivity index (χ4n) is 1.55. The van der Waals surface area contributed by atoms with E-state index in [2.05, 4.69) is 63.7 Å². The minimum absolute atomic E-state index is 0.335. The zero-order valence-electron chi connectivity index (χ0n) is 11.8. The number of esters is 2. The summed E-state index contributed by atoms with van der Waals surface area (Å²) < 4.78 is 13.0. The molecule has 0 aromatic heterocycles. The molecule has 8 heteroatoms. The number of ether oxygens (including phenoxy) is 2. The van der Waals surface area contributed by atoms with Gasteiger partial charge in [-0.1, -0.05) is 12.1 Å². The third-order valence-electron chi connectivity index (χ3n) is 2.61. The van der Waals surface area contributed by atoms with Crippen LogP contribution in [0.2, 0.25) is 0 Å². The van der Waals surface area contributed by atoms with Crippen molar-refractivity contribution >= 4 is 75.7 Å². The molecule has 0 aliphatic carbocycles. The molecule has 4 nitrogen and oxygen atoms in total. The molecule has 0 bridgehead atoms. The van der Waals surface area contributed by atoms with Crippen LogP contribution in [0.3, 0.4) is 0 Å². The predicted molar refractivity (Wildman–Crippen MR) is 104 cm³/mol. The molecule has 0 saturated carbocycles. The lowest BCUT2D eigenvalue weighted by Gasteiger charge is -2.06. The summed E-state index contributed by atoms with van der Waals surface area (Å²) in [5.74, 6) is -0.720. The Hall–Kier alpha value is -0.960. The van der Waals surface area contributed by atoms with Crippen molar-refractivity contribution in [3.05, 3.63) is 66.4 Å². The van der Waals surface area contributed by atoms with Gasteiger partial charge in [0.2, 0.25) is 0 Å². The molecule has 0 atom stereocenters. The highest BCUT2D eigenvalue weighted by atomic mass is 79.9. The van der Waals surface area contributed by atoms with Crippen molar-refractivity contribution < 1.29 is 19.1 Å².